The van der Waals surface area contributed by atoms with Crippen molar-refractivity contribution in [2.75, 3.05) is 32.4 Å². The van der Waals surface area contributed by atoms with Crippen molar-refractivity contribution in [1.29, 1.82) is 0 Å². The second kappa shape index (κ2) is 11.4. The highest BCUT2D eigenvalue weighted by atomic mass is 32.2. The van der Waals surface area contributed by atoms with Crippen molar-refractivity contribution in [2.45, 2.75) is 89.5 Å². The van der Waals surface area contributed by atoms with Gasteiger partial charge in [-0.15, -0.1) is 10.2 Å². The normalized spacial score (nSPS) is 23.6. The molecule has 0 spiro atoms. The van der Waals surface area contributed by atoms with Gasteiger partial charge in [-0.05, 0) is 52.2 Å². The minimum absolute atomic E-state index is 0.458. The Morgan fingerprint density at radius 2 is 2.00 bits per heavy atom. The molecule has 2 fully saturated rings. The van der Waals surface area contributed by atoms with Crippen LogP contribution in [0.3, 0.4) is 0 Å². The van der Waals surface area contributed by atoms with Gasteiger partial charge >= 0.3 is 0 Å². The third kappa shape index (κ3) is 5.90. The topological polar surface area (TPSA) is 70.4 Å². The quantitative estimate of drug-likeness (QED) is 0.268. The first-order valence-corrected chi connectivity index (χ1v) is 13.0. The van der Waals surface area contributed by atoms with Crippen molar-refractivity contribution in [2.24, 2.45) is 10.9 Å². The fourth-order valence-corrected chi connectivity index (χ4v) is 5.26. The molecule has 2 atom stereocenters. The van der Waals surface area contributed by atoms with Crippen molar-refractivity contribution < 1.29 is 0 Å². The molecule has 2 heterocycles. The van der Waals surface area contributed by atoms with Gasteiger partial charge in [0.2, 0.25) is 0 Å². The zero-order chi connectivity index (χ0) is 21.5. The summed E-state index contributed by atoms with van der Waals surface area (Å²) in [6.07, 6.45) is 9.21. The predicted molar refractivity (Wildman–Crippen MR) is 126 cm³/mol. The van der Waals surface area contributed by atoms with E-state index in [9.17, 15) is 0 Å². The Bertz CT molecular complexity index is 681. The zero-order valence-corrected chi connectivity index (χ0v) is 20.3. The molecule has 0 aromatic carbocycles. The maximum absolute atomic E-state index is 4.86. The van der Waals surface area contributed by atoms with Gasteiger partial charge < -0.3 is 15.2 Å². The highest BCUT2D eigenvalue weighted by Gasteiger charge is 2.31. The van der Waals surface area contributed by atoms with E-state index < -0.39 is 0 Å². The summed E-state index contributed by atoms with van der Waals surface area (Å²) in [4.78, 5) is 7.41. The smallest absolute Gasteiger partial charge is 0.191 e. The summed E-state index contributed by atoms with van der Waals surface area (Å²) in [5.41, 5.74) is 0. The number of rotatable bonds is 9. The number of aliphatic imine (C=N–C) groups is 1. The van der Waals surface area contributed by atoms with E-state index in [2.05, 4.69) is 64.2 Å². The second-order valence-corrected chi connectivity index (χ2v) is 9.82. The number of aryl methyl sites for hydroxylation is 1. The van der Waals surface area contributed by atoms with Crippen LogP contribution < -0.4 is 10.6 Å². The third-order valence-corrected chi connectivity index (χ3v) is 7.12. The summed E-state index contributed by atoms with van der Waals surface area (Å²) in [5.74, 6) is 2.71. The van der Waals surface area contributed by atoms with Crippen molar-refractivity contribution >= 4 is 17.7 Å². The zero-order valence-electron chi connectivity index (χ0n) is 19.5. The molecule has 1 aromatic rings. The molecule has 2 unspecified atom stereocenters. The SMILES string of the molecule is CCNC(=NCCCc1nnc(SC)n1C1CCCC1)NC1CN(C(C)C)CC1C. The average Bonchev–Trinajstić information content (AvgIpc) is 3.45. The van der Waals surface area contributed by atoms with E-state index in [4.69, 9.17) is 4.99 Å². The minimum Gasteiger partial charge on any atom is -0.357 e. The van der Waals surface area contributed by atoms with Gasteiger partial charge in [-0.25, -0.2) is 0 Å². The van der Waals surface area contributed by atoms with E-state index in [1.165, 1.54) is 25.7 Å². The number of aromatic nitrogens is 3. The molecule has 0 bridgehead atoms. The first kappa shape index (κ1) is 23.4. The molecule has 2 N–H and O–H groups in total. The van der Waals surface area contributed by atoms with Crippen molar-refractivity contribution in [3.63, 3.8) is 0 Å². The van der Waals surface area contributed by atoms with Crippen molar-refractivity contribution in [3.05, 3.63) is 5.82 Å². The van der Waals surface area contributed by atoms with Crippen LogP contribution in [-0.4, -0.2) is 70.1 Å². The number of likely N-dealkylation sites (tertiary alicyclic amines) is 1. The Hall–Kier alpha value is -1.28. The number of guanidine groups is 1. The van der Waals surface area contributed by atoms with Crippen LogP contribution in [-0.2, 0) is 6.42 Å². The summed E-state index contributed by atoms with van der Waals surface area (Å²) in [5, 5.41) is 17.1. The number of thioether (sulfide) groups is 1. The summed E-state index contributed by atoms with van der Waals surface area (Å²) in [6.45, 7) is 13.0. The fraction of sp³-hybridized carbons (Fsp3) is 0.864. The first-order valence-electron chi connectivity index (χ1n) is 11.8. The third-order valence-electron chi connectivity index (χ3n) is 6.47. The molecule has 30 heavy (non-hydrogen) atoms. The van der Waals surface area contributed by atoms with E-state index in [-0.39, 0.29) is 0 Å². The van der Waals surface area contributed by atoms with Crippen LogP contribution in [0.1, 0.15) is 71.7 Å². The number of nitrogens with zero attached hydrogens (tertiary/aromatic N) is 5. The average molecular weight is 436 g/mol. The van der Waals surface area contributed by atoms with Crippen LogP contribution in [0.4, 0.5) is 0 Å². The summed E-state index contributed by atoms with van der Waals surface area (Å²) >= 11 is 1.71. The second-order valence-electron chi connectivity index (χ2n) is 9.05. The molecule has 1 aliphatic carbocycles. The number of hydrogen-bond acceptors (Lipinski definition) is 5. The Morgan fingerprint density at radius 3 is 2.63 bits per heavy atom. The molecule has 2 aliphatic rings. The lowest BCUT2D eigenvalue weighted by Crippen LogP contribution is -2.46. The van der Waals surface area contributed by atoms with Gasteiger partial charge in [0.25, 0.3) is 0 Å². The molecule has 1 saturated heterocycles. The van der Waals surface area contributed by atoms with E-state index in [1.807, 2.05) is 0 Å². The maximum atomic E-state index is 4.86. The van der Waals surface area contributed by atoms with E-state index in [0.717, 1.165) is 56.0 Å². The maximum Gasteiger partial charge on any atom is 0.191 e. The van der Waals surface area contributed by atoms with Gasteiger partial charge in [0.15, 0.2) is 11.1 Å². The van der Waals surface area contributed by atoms with Crippen molar-refractivity contribution in [1.82, 2.24) is 30.3 Å². The summed E-state index contributed by atoms with van der Waals surface area (Å²) < 4.78 is 2.41. The molecule has 170 valence electrons. The van der Waals surface area contributed by atoms with Gasteiger partial charge in [-0.3, -0.25) is 9.89 Å². The number of nitrogens with one attached hydrogen (secondary N) is 2. The lowest BCUT2D eigenvalue weighted by Gasteiger charge is -2.22. The first-order chi connectivity index (χ1) is 14.5. The highest BCUT2D eigenvalue weighted by Crippen LogP contribution is 2.33. The van der Waals surface area contributed by atoms with Crippen LogP contribution in [0.2, 0.25) is 0 Å². The van der Waals surface area contributed by atoms with Crippen molar-refractivity contribution in [3.8, 4) is 0 Å². The minimum atomic E-state index is 0.458. The van der Waals surface area contributed by atoms with E-state index in [0.29, 0.717) is 24.0 Å². The summed E-state index contributed by atoms with van der Waals surface area (Å²) in [7, 11) is 0. The molecule has 7 nitrogen and oxygen atoms in total. The molecule has 1 aliphatic heterocycles. The van der Waals surface area contributed by atoms with Gasteiger partial charge in [0.1, 0.15) is 5.82 Å². The lowest BCUT2D eigenvalue weighted by atomic mass is 10.1. The molecule has 1 saturated carbocycles. The van der Waals surface area contributed by atoms with Gasteiger partial charge in [0.05, 0.1) is 0 Å². The predicted octanol–water partition coefficient (Wildman–Crippen LogP) is 3.33. The molecule has 0 amide bonds. The Morgan fingerprint density at radius 1 is 1.23 bits per heavy atom. The van der Waals surface area contributed by atoms with Crippen LogP contribution in [0, 0.1) is 5.92 Å². The number of hydrogen-bond donors (Lipinski definition) is 2. The Labute approximate surface area is 186 Å². The van der Waals surface area contributed by atoms with E-state index >= 15 is 0 Å². The largest absolute Gasteiger partial charge is 0.357 e. The van der Waals surface area contributed by atoms with E-state index in [1.54, 1.807) is 11.8 Å². The molecular weight excluding hydrogens is 394 g/mol. The van der Waals surface area contributed by atoms with Gasteiger partial charge in [0, 0.05) is 50.7 Å². The molecule has 3 rings (SSSR count). The van der Waals surface area contributed by atoms with Crippen LogP contribution in [0.25, 0.3) is 0 Å². The molecule has 1 aromatic heterocycles. The standard InChI is InChI=1S/C22H41N7S/c1-6-23-21(25-19-15-28(16(2)3)14-17(19)4)24-13-9-12-20-26-27-22(30-5)29(20)18-10-7-8-11-18/h16-19H,6-15H2,1-5H3,(H2,23,24,25). The van der Waals surface area contributed by atoms with Crippen LogP contribution in [0.15, 0.2) is 10.1 Å². The van der Waals surface area contributed by atoms with Gasteiger partial charge in [-0.1, -0.05) is 31.5 Å². The molecular formula is C22H41N7S. The highest BCUT2D eigenvalue weighted by molar-refractivity contribution is 7.98. The van der Waals surface area contributed by atoms with Gasteiger partial charge in [-0.2, -0.15) is 0 Å². The summed E-state index contributed by atoms with van der Waals surface area (Å²) in [6, 6.07) is 1.65. The van der Waals surface area contributed by atoms with Crippen LogP contribution >= 0.6 is 11.8 Å². The Kier molecular flexibility index (Phi) is 8.86. The molecule has 0 radical (unpaired) electrons. The molecule has 8 heteroatoms. The lowest BCUT2D eigenvalue weighted by molar-refractivity contribution is 0.265. The van der Waals surface area contributed by atoms with Crippen LogP contribution in [0.5, 0.6) is 0 Å². The fourth-order valence-electron chi connectivity index (χ4n) is 4.68. The monoisotopic (exact) mass is 435 g/mol. The Balaban J connectivity index is 1.55.